The highest BCUT2D eigenvalue weighted by atomic mass is 32.2. The molecule has 6 nitrogen and oxygen atoms in total. The largest absolute Gasteiger partial charge is 0.497 e. The average molecular weight is 421 g/mol. The van der Waals surface area contributed by atoms with Crippen LogP contribution in [0.5, 0.6) is 5.75 Å². The Balaban J connectivity index is 1.28. The van der Waals surface area contributed by atoms with E-state index < -0.39 is 0 Å². The molecule has 2 heterocycles. The minimum atomic E-state index is 0.0123. The minimum absolute atomic E-state index is 0.0123. The Morgan fingerprint density at radius 3 is 2.20 bits per heavy atom. The van der Waals surface area contributed by atoms with Crippen molar-refractivity contribution in [3.05, 3.63) is 67.0 Å². The summed E-state index contributed by atoms with van der Waals surface area (Å²) in [5, 5.41) is 3.06. The molecule has 1 saturated heterocycles. The predicted molar refractivity (Wildman–Crippen MR) is 119 cm³/mol. The lowest BCUT2D eigenvalue weighted by molar-refractivity contribution is -0.120. The summed E-state index contributed by atoms with van der Waals surface area (Å²) >= 11 is 1.67. The number of carbonyl (C=O) groups is 1. The van der Waals surface area contributed by atoms with E-state index in [9.17, 15) is 4.79 Å². The van der Waals surface area contributed by atoms with Gasteiger partial charge in [0.25, 0.3) is 0 Å². The number of hydrogen-bond donors (Lipinski definition) is 1. The summed E-state index contributed by atoms with van der Waals surface area (Å²) in [5.74, 6) is 1.68. The van der Waals surface area contributed by atoms with E-state index in [1.54, 1.807) is 31.3 Å². The zero-order valence-corrected chi connectivity index (χ0v) is 17.6. The summed E-state index contributed by atoms with van der Waals surface area (Å²) < 4.78 is 5.19. The van der Waals surface area contributed by atoms with E-state index in [0.717, 1.165) is 53.1 Å². The Kier molecular flexibility index (Phi) is 6.49. The minimum Gasteiger partial charge on any atom is -0.497 e. The number of aromatic nitrogens is 2. The second-order valence-corrected chi connectivity index (χ2v) is 8.25. The molecule has 7 heteroatoms. The first kappa shape index (κ1) is 20.2. The van der Waals surface area contributed by atoms with Crippen LogP contribution in [0.3, 0.4) is 0 Å². The third-order valence-corrected chi connectivity index (χ3v) is 6.13. The number of amides is 1. The quantitative estimate of drug-likeness (QED) is 0.634. The molecule has 4 rings (SSSR count). The number of anilines is 2. The number of piperidine rings is 1. The maximum atomic E-state index is 12.7. The van der Waals surface area contributed by atoms with Gasteiger partial charge in [0.15, 0.2) is 0 Å². The van der Waals surface area contributed by atoms with Gasteiger partial charge in [0.2, 0.25) is 11.9 Å². The van der Waals surface area contributed by atoms with Crippen molar-refractivity contribution in [3.8, 4) is 5.75 Å². The lowest BCUT2D eigenvalue weighted by Gasteiger charge is -2.31. The smallest absolute Gasteiger partial charge is 0.227 e. The second kappa shape index (κ2) is 9.63. The number of nitrogens with one attached hydrogen (secondary N) is 1. The lowest BCUT2D eigenvalue weighted by atomic mass is 9.96. The summed E-state index contributed by atoms with van der Waals surface area (Å²) in [5.41, 5.74) is 0.827. The van der Waals surface area contributed by atoms with Gasteiger partial charge in [-0.25, -0.2) is 9.97 Å². The van der Waals surface area contributed by atoms with Crippen molar-refractivity contribution >= 4 is 29.3 Å². The first-order chi connectivity index (χ1) is 14.7. The van der Waals surface area contributed by atoms with E-state index in [1.165, 1.54) is 0 Å². The van der Waals surface area contributed by atoms with E-state index in [4.69, 9.17) is 4.74 Å². The summed E-state index contributed by atoms with van der Waals surface area (Å²) in [6, 6.07) is 17.7. The first-order valence-electron chi connectivity index (χ1n) is 9.96. The lowest BCUT2D eigenvalue weighted by Crippen LogP contribution is -2.38. The zero-order valence-electron chi connectivity index (χ0n) is 16.8. The number of ether oxygens (including phenoxy) is 1. The van der Waals surface area contributed by atoms with Crippen molar-refractivity contribution < 1.29 is 9.53 Å². The number of carbonyl (C=O) groups excluding carboxylic acids is 1. The molecule has 1 aliphatic rings. The van der Waals surface area contributed by atoms with Crippen LogP contribution < -0.4 is 15.0 Å². The van der Waals surface area contributed by atoms with Gasteiger partial charge in [-0.3, -0.25) is 4.79 Å². The molecule has 0 bridgehead atoms. The molecule has 0 spiro atoms. The second-order valence-electron chi connectivity index (χ2n) is 7.10. The van der Waals surface area contributed by atoms with Crippen LogP contribution in [-0.2, 0) is 4.79 Å². The van der Waals surface area contributed by atoms with Gasteiger partial charge in [0.05, 0.1) is 7.11 Å². The van der Waals surface area contributed by atoms with Crippen molar-refractivity contribution in [3.63, 3.8) is 0 Å². The van der Waals surface area contributed by atoms with Crippen molar-refractivity contribution in [2.75, 3.05) is 30.4 Å². The van der Waals surface area contributed by atoms with Crippen molar-refractivity contribution in [2.45, 2.75) is 22.6 Å². The molecule has 3 aromatic rings. The third-order valence-electron chi connectivity index (χ3n) is 5.12. The van der Waals surface area contributed by atoms with Gasteiger partial charge in [-0.15, -0.1) is 0 Å². The Morgan fingerprint density at radius 1 is 1.00 bits per heavy atom. The van der Waals surface area contributed by atoms with E-state index >= 15 is 0 Å². The van der Waals surface area contributed by atoms with Crippen molar-refractivity contribution in [1.29, 1.82) is 0 Å². The normalized spacial score (nSPS) is 14.4. The molecule has 30 heavy (non-hydrogen) atoms. The summed E-state index contributed by atoms with van der Waals surface area (Å²) in [7, 11) is 1.66. The maximum Gasteiger partial charge on any atom is 0.227 e. The monoisotopic (exact) mass is 420 g/mol. The number of hydrogen-bond acceptors (Lipinski definition) is 6. The fourth-order valence-electron chi connectivity index (χ4n) is 3.43. The summed E-state index contributed by atoms with van der Waals surface area (Å²) in [6.07, 6.45) is 5.10. The topological polar surface area (TPSA) is 67.3 Å². The molecular weight excluding hydrogens is 396 g/mol. The standard InChI is InChI=1S/C23H24N4O2S/c1-29-19-5-9-21(10-6-19)30-20-7-3-18(4-8-20)26-22(28)17-11-15-27(16-12-17)23-24-13-2-14-25-23/h2-10,13-14,17H,11-12,15-16H2,1H3,(H,26,28). The Bertz CT molecular complexity index is 957. The molecule has 1 amide bonds. The molecular formula is C23H24N4O2S. The first-order valence-corrected chi connectivity index (χ1v) is 10.8. The molecule has 1 aliphatic heterocycles. The molecule has 0 saturated carbocycles. The van der Waals surface area contributed by atoms with Crippen LogP contribution in [0.2, 0.25) is 0 Å². The molecule has 1 aromatic heterocycles. The maximum absolute atomic E-state index is 12.7. The van der Waals surface area contributed by atoms with E-state index in [1.807, 2.05) is 54.6 Å². The Labute approximate surface area is 180 Å². The molecule has 0 aliphatic carbocycles. The SMILES string of the molecule is COc1ccc(Sc2ccc(NC(=O)C3CCN(c4ncccn4)CC3)cc2)cc1. The van der Waals surface area contributed by atoms with Gasteiger partial charge in [-0.2, -0.15) is 0 Å². The molecule has 1 N–H and O–H groups in total. The fourth-order valence-corrected chi connectivity index (χ4v) is 4.24. The molecule has 2 aromatic carbocycles. The number of methoxy groups -OCH3 is 1. The van der Waals surface area contributed by atoms with Gasteiger partial charge in [-0.05, 0) is 67.4 Å². The van der Waals surface area contributed by atoms with Crippen LogP contribution in [0, 0.1) is 5.92 Å². The molecule has 0 unspecified atom stereocenters. The van der Waals surface area contributed by atoms with Crippen LogP contribution >= 0.6 is 11.8 Å². The van der Waals surface area contributed by atoms with Crippen LogP contribution in [0.1, 0.15) is 12.8 Å². The van der Waals surface area contributed by atoms with Gasteiger partial charge >= 0.3 is 0 Å². The van der Waals surface area contributed by atoms with Crippen molar-refractivity contribution in [1.82, 2.24) is 9.97 Å². The Morgan fingerprint density at radius 2 is 1.60 bits per heavy atom. The van der Waals surface area contributed by atoms with E-state index in [2.05, 4.69) is 20.2 Å². The van der Waals surface area contributed by atoms with Gasteiger partial charge in [-0.1, -0.05) is 11.8 Å². The number of nitrogens with zero attached hydrogens (tertiary/aromatic N) is 3. The molecule has 1 fully saturated rings. The van der Waals surface area contributed by atoms with E-state index in [-0.39, 0.29) is 11.8 Å². The van der Waals surface area contributed by atoms with Crippen LogP contribution in [0.25, 0.3) is 0 Å². The predicted octanol–water partition coefficient (Wildman–Crippen LogP) is 4.49. The van der Waals surface area contributed by atoms with Crippen LogP contribution in [-0.4, -0.2) is 36.1 Å². The summed E-state index contributed by atoms with van der Waals surface area (Å²) in [4.78, 5) is 25.6. The molecule has 0 radical (unpaired) electrons. The van der Waals surface area contributed by atoms with Crippen LogP contribution in [0.15, 0.2) is 76.8 Å². The van der Waals surface area contributed by atoms with Crippen molar-refractivity contribution in [2.24, 2.45) is 5.92 Å². The fraction of sp³-hybridized carbons (Fsp3) is 0.261. The van der Waals surface area contributed by atoms with Gasteiger partial charge in [0.1, 0.15) is 5.75 Å². The third kappa shape index (κ3) is 5.10. The molecule has 154 valence electrons. The average Bonchev–Trinajstić information content (AvgIpc) is 2.81. The Hall–Kier alpha value is -3.06. The highest BCUT2D eigenvalue weighted by molar-refractivity contribution is 7.99. The summed E-state index contributed by atoms with van der Waals surface area (Å²) in [6.45, 7) is 1.58. The number of benzene rings is 2. The van der Waals surface area contributed by atoms with E-state index in [0.29, 0.717) is 0 Å². The van der Waals surface area contributed by atoms with Crippen LogP contribution in [0.4, 0.5) is 11.6 Å². The number of rotatable bonds is 6. The highest BCUT2D eigenvalue weighted by Gasteiger charge is 2.26. The van der Waals surface area contributed by atoms with Gasteiger partial charge < -0.3 is 15.0 Å². The van der Waals surface area contributed by atoms with Gasteiger partial charge in [0, 0.05) is 46.9 Å². The highest BCUT2D eigenvalue weighted by Crippen LogP contribution is 2.30. The zero-order chi connectivity index (χ0) is 20.8. The molecule has 0 atom stereocenters.